The minimum atomic E-state index is 1.08. The van der Waals surface area contributed by atoms with E-state index in [0.717, 1.165) is 19.3 Å². The first kappa shape index (κ1) is 13.6. The van der Waals surface area contributed by atoms with Crippen molar-refractivity contribution in [3.8, 4) is 0 Å². The van der Waals surface area contributed by atoms with Gasteiger partial charge in [0.15, 0.2) is 0 Å². The fourth-order valence-corrected chi connectivity index (χ4v) is 2.91. The van der Waals surface area contributed by atoms with Gasteiger partial charge in [0.1, 0.15) is 0 Å². The highest BCUT2D eigenvalue weighted by Gasteiger charge is 2.06. The molecule has 0 atom stereocenters. The van der Waals surface area contributed by atoms with E-state index in [1.165, 1.54) is 32.3 Å². The SMILES string of the molecule is C=C(CCC)c1cc(I)cc(C2=CCCC=C2)c1. The molecule has 1 aromatic carbocycles. The van der Waals surface area contributed by atoms with Crippen molar-refractivity contribution in [2.45, 2.75) is 32.6 Å². The van der Waals surface area contributed by atoms with Gasteiger partial charge in [-0.25, -0.2) is 0 Å². The van der Waals surface area contributed by atoms with Gasteiger partial charge in [-0.3, -0.25) is 0 Å². The van der Waals surface area contributed by atoms with Crippen LogP contribution in [-0.4, -0.2) is 0 Å². The Balaban J connectivity index is 2.34. The van der Waals surface area contributed by atoms with E-state index in [9.17, 15) is 0 Å². The van der Waals surface area contributed by atoms with E-state index in [0.29, 0.717) is 0 Å². The van der Waals surface area contributed by atoms with Crippen LogP contribution in [-0.2, 0) is 0 Å². The van der Waals surface area contributed by atoms with Crippen molar-refractivity contribution in [1.29, 1.82) is 0 Å². The molecule has 2 rings (SSSR count). The predicted octanol–water partition coefficient (Wildman–Crippen LogP) is 5.84. The summed E-state index contributed by atoms with van der Waals surface area (Å²) in [6.07, 6.45) is 11.4. The van der Waals surface area contributed by atoms with Crippen LogP contribution >= 0.6 is 22.6 Å². The monoisotopic (exact) mass is 350 g/mol. The van der Waals surface area contributed by atoms with Crippen LogP contribution in [0.3, 0.4) is 0 Å². The van der Waals surface area contributed by atoms with Crippen molar-refractivity contribution in [1.82, 2.24) is 0 Å². The average molecular weight is 350 g/mol. The minimum absolute atomic E-state index is 1.08. The van der Waals surface area contributed by atoms with Gasteiger partial charge in [0.2, 0.25) is 0 Å². The first-order valence-electron chi connectivity index (χ1n) is 6.56. The normalized spacial score (nSPS) is 14.4. The molecular weight excluding hydrogens is 331 g/mol. The van der Waals surface area contributed by atoms with Gasteiger partial charge in [-0.05, 0) is 82.3 Å². The molecule has 0 radical (unpaired) electrons. The lowest BCUT2D eigenvalue weighted by Gasteiger charge is -2.11. The topological polar surface area (TPSA) is 0 Å². The van der Waals surface area contributed by atoms with Crippen LogP contribution in [0.5, 0.6) is 0 Å². The average Bonchev–Trinajstić information content (AvgIpc) is 2.39. The number of hydrogen-bond acceptors (Lipinski definition) is 0. The van der Waals surface area contributed by atoms with Crippen LogP contribution in [0.2, 0.25) is 0 Å². The number of benzene rings is 1. The Kier molecular flexibility index (Phi) is 4.81. The maximum Gasteiger partial charge on any atom is 0.0142 e. The smallest absolute Gasteiger partial charge is 0.0142 e. The second-order valence-electron chi connectivity index (χ2n) is 4.72. The molecule has 0 fully saturated rings. The summed E-state index contributed by atoms with van der Waals surface area (Å²) < 4.78 is 1.29. The summed E-state index contributed by atoms with van der Waals surface area (Å²) in [5, 5.41) is 0. The largest absolute Gasteiger partial charge is 0.0952 e. The molecule has 0 saturated carbocycles. The van der Waals surface area contributed by atoms with Crippen molar-refractivity contribution in [3.05, 3.63) is 57.7 Å². The quantitative estimate of drug-likeness (QED) is 0.599. The molecule has 0 aliphatic heterocycles. The summed E-state index contributed by atoms with van der Waals surface area (Å²) >= 11 is 2.40. The van der Waals surface area contributed by atoms with Crippen molar-refractivity contribution >= 4 is 33.7 Å². The molecule has 0 nitrogen and oxygen atoms in total. The molecule has 0 saturated heterocycles. The molecule has 0 aromatic heterocycles. The van der Waals surface area contributed by atoms with Crippen molar-refractivity contribution in [2.24, 2.45) is 0 Å². The molecule has 0 N–H and O–H groups in total. The highest BCUT2D eigenvalue weighted by molar-refractivity contribution is 14.1. The van der Waals surface area contributed by atoms with E-state index in [1.54, 1.807) is 0 Å². The van der Waals surface area contributed by atoms with Crippen LogP contribution in [0, 0.1) is 3.57 Å². The zero-order valence-electron chi connectivity index (χ0n) is 10.9. The zero-order chi connectivity index (χ0) is 13.0. The third kappa shape index (κ3) is 3.35. The third-order valence-electron chi connectivity index (χ3n) is 3.19. The van der Waals surface area contributed by atoms with Gasteiger partial charge in [0.25, 0.3) is 0 Å². The van der Waals surface area contributed by atoms with Gasteiger partial charge in [-0.1, -0.05) is 38.2 Å². The van der Waals surface area contributed by atoms with Crippen LogP contribution in [0.1, 0.15) is 43.7 Å². The first-order chi connectivity index (χ1) is 8.70. The molecule has 1 aromatic rings. The van der Waals surface area contributed by atoms with E-state index < -0.39 is 0 Å². The Morgan fingerprint density at radius 1 is 1.28 bits per heavy atom. The van der Waals surface area contributed by atoms with Gasteiger partial charge in [0, 0.05) is 3.57 Å². The fraction of sp³-hybridized carbons (Fsp3) is 0.294. The fourth-order valence-electron chi connectivity index (χ4n) is 2.23. The summed E-state index contributed by atoms with van der Waals surface area (Å²) in [6, 6.07) is 6.77. The number of halogens is 1. The van der Waals surface area contributed by atoms with Crippen molar-refractivity contribution in [3.63, 3.8) is 0 Å². The first-order valence-corrected chi connectivity index (χ1v) is 7.64. The van der Waals surface area contributed by atoms with Crippen LogP contribution < -0.4 is 0 Å². The lowest BCUT2D eigenvalue weighted by molar-refractivity contribution is 0.975. The standard InChI is InChI=1S/C17H19I/c1-3-7-13(2)15-10-16(12-17(18)11-15)14-8-5-4-6-9-14/h5,8-12H,2-4,6-7H2,1H3. The molecule has 94 valence electrons. The second kappa shape index (κ2) is 6.37. The molecule has 0 bridgehead atoms. The van der Waals surface area contributed by atoms with Gasteiger partial charge in [0.05, 0.1) is 0 Å². The van der Waals surface area contributed by atoms with E-state index in [4.69, 9.17) is 0 Å². The van der Waals surface area contributed by atoms with E-state index >= 15 is 0 Å². The Morgan fingerprint density at radius 2 is 2.11 bits per heavy atom. The summed E-state index contributed by atoms with van der Waals surface area (Å²) in [6.45, 7) is 6.40. The zero-order valence-corrected chi connectivity index (χ0v) is 13.0. The number of hydrogen-bond donors (Lipinski definition) is 0. The molecule has 0 amide bonds. The Bertz CT molecular complexity index is 506. The summed E-state index contributed by atoms with van der Waals surface area (Å²) in [7, 11) is 0. The molecule has 1 heteroatoms. The molecular formula is C17H19I. The Morgan fingerprint density at radius 3 is 2.78 bits per heavy atom. The Labute approximate surface area is 124 Å². The summed E-state index contributed by atoms with van der Waals surface area (Å²) in [5.41, 5.74) is 5.21. The number of rotatable bonds is 4. The predicted molar refractivity (Wildman–Crippen MR) is 89.5 cm³/mol. The van der Waals surface area contributed by atoms with Crippen LogP contribution in [0.25, 0.3) is 11.1 Å². The van der Waals surface area contributed by atoms with Crippen LogP contribution in [0.4, 0.5) is 0 Å². The van der Waals surface area contributed by atoms with Crippen molar-refractivity contribution in [2.75, 3.05) is 0 Å². The van der Waals surface area contributed by atoms with Gasteiger partial charge >= 0.3 is 0 Å². The Hall–Kier alpha value is -0.830. The molecule has 18 heavy (non-hydrogen) atoms. The number of allylic oxidation sites excluding steroid dienone is 5. The molecule has 1 aliphatic rings. The van der Waals surface area contributed by atoms with Gasteiger partial charge in [-0.15, -0.1) is 0 Å². The summed E-state index contributed by atoms with van der Waals surface area (Å²) in [5.74, 6) is 0. The lowest BCUT2D eigenvalue weighted by atomic mass is 9.95. The highest BCUT2D eigenvalue weighted by atomic mass is 127. The van der Waals surface area contributed by atoms with Gasteiger partial charge in [-0.2, -0.15) is 0 Å². The summed E-state index contributed by atoms with van der Waals surface area (Å²) in [4.78, 5) is 0. The van der Waals surface area contributed by atoms with E-state index in [-0.39, 0.29) is 0 Å². The molecule has 1 aliphatic carbocycles. The second-order valence-corrected chi connectivity index (χ2v) is 5.97. The molecule has 0 heterocycles. The lowest BCUT2D eigenvalue weighted by Crippen LogP contribution is -1.91. The van der Waals surface area contributed by atoms with E-state index in [1.807, 2.05) is 0 Å². The maximum absolute atomic E-state index is 4.20. The maximum atomic E-state index is 4.20. The van der Waals surface area contributed by atoms with Gasteiger partial charge < -0.3 is 0 Å². The minimum Gasteiger partial charge on any atom is -0.0952 e. The van der Waals surface area contributed by atoms with Crippen LogP contribution in [0.15, 0.2) is 43.0 Å². The molecule has 0 unspecified atom stereocenters. The third-order valence-corrected chi connectivity index (χ3v) is 3.81. The highest BCUT2D eigenvalue weighted by Crippen LogP contribution is 2.27. The van der Waals surface area contributed by atoms with E-state index in [2.05, 4.69) is 72.5 Å². The molecule has 0 spiro atoms. The van der Waals surface area contributed by atoms with Crippen molar-refractivity contribution < 1.29 is 0 Å².